The van der Waals surface area contributed by atoms with Crippen LogP contribution >= 0.6 is 0 Å². The molecule has 114 valence electrons. The van der Waals surface area contributed by atoms with Crippen LogP contribution in [-0.4, -0.2) is 27.3 Å². The number of hydrogen-bond acceptors (Lipinski definition) is 3. The quantitative estimate of drug-likeness (QED) is 0.879. The summed E-state index contributed by atoms with van der Waals surface area (Å²) in [5, 5.41) is 2.83. The molecule has 1 unspecified atom stereocenters. The van der Waals surface area contributed by atoms with Crippen molar-refractivity contribution in [3.63, 3.8) is 0 Å². The van der Waals surface area contributed by atoms with Crippen LogP contribution in [0, 0.1) is 0 Å². The normalized spacial score (nSPS) is 14.2. The molecule has 20 heavy (non-hydrogen) atoms. The third-order valence-electron chi connectivity index (χ3n) is 2.99. The van der Waals surface area contributed by atoms with Gasteiger partial charge in [0.15, 0.2) is 9.84 Å². The smallest absolute Gasteiger partial charge is 0.316 e. The van der Waals surface area contributed by atoms with Gasteiger partial charge in [0.25, 0.3) is 0 Å². The van der Waals surface area contributed by atoms with Gasteiger partial charge in [0.1, 0.15) is 0 Å². The number of sulfone groups is 1. The standard InChI is InChI=1S/C13H18F3NO2S/c1-3-6-10(17-2)9-20(18,19)12-8-5-4-7-11(12)13(14,15)16/h4-5,7-8,10,17H,3,6,9H2,1-2H3. The number of rotatable bonds is 6. The Hall–Kier alpha value is -1.08. The Balaban J connectivity index is 3.16. The van der Waals surface area contributed by atoms with Crippen molar-refractivity contribution >= 4 is 9.84 Å². The molecule has 0 aliphatic carbocycles. The lowest BCUT2D eigenvalue weighted by Crippen LogP contribution is -2.33. The van der Waals surface area contributed by atoms with Gasteiger partial charge in [-0.15, -0.1) is 0 Å². The maximum absolute atomic E-state index is 12.9. The second-order valence-electron chi connectivity index (χ2n) is 4.55. The van der Waals surface area contributed by atoms with E-state index in [1.807, 2.05) is 6.92 Å². The van der Waals surface area contributed by atoms with Gasteiger partial charge in [0.05, 0.1) is 16.2 Å². The van der Waals surface area contributed by atoms with Gasteiger partial charge in [0, 0.05) is 6.04 Å². The fourth-order valence-electron chi connectivity index (χ4n) is 1.99. The van der Waals surface area contributed by atoms with Gasteiger partial charge in [0.2, 0.25) is 0 Å². The maximum Gasteiger partial charge on any atom is 0.417 e. The Kier molecular flexibility index (Phi) is 5.59. The molecule has 0 saturated heterocycles. The lowest BCUT2D eigenvalue weighted by molar-refractivity contribution is -0.139. The van der Waals surface area contributed by atoms with Crippen molar-refractivity contribution in [3.8, 4) is 0 Å². The van der Waals surface area contributed by atoms with Crippen LogP contribution in [0.1, 0.15) is 25.3 Å². The zero-order chi connectivity index (χ0) is 15.4. The van der Waals surface area contributed by atoms with Gasteiger partial charge in [-0.1, -0.05) is 25.5 Å². The Morgan fingerprint density at radius 3 is 2.35 bits per heavy atom. The van der Waals surface area contributed by atoms with Crippen molar-refractivity contribution in [2.45, 2.75) is 36.9 Å². The van der Waals surface area contributed by atoms with Gasteiger partial charge in [-0.2, -0.15) is 13.2 Å². The number of alkyl halides is 3. The molecule has 1 aromatic rings. The Morgan fingerprint density at radius 1 is 1.25 bits per heavy atom. The summed E-state index contributed by atoms with van der Waals surface area (Å²) in [6, 6.07) is 3.93. The van der Waals surface area contributed by atoms with Crippen molar-refractivity contribution in [2.75, 3.05) is 12.8 Å². The molecule has 0 bridgehead atoms. The molecule has 1 atom stereocenters. The predicted molar refractivity (Wildman–Crippen MR) is 71.3 cm³/mol. The zero-order valence-electron chi connectivity index (χ0n) is 11.4. The molecular formula is C13H18F3NO2S. The molecule has 1 rings (SSSR count). The highest BCUT2D eigenvalue weighted by atomic mass is 32.2. The summed E-state index contributed by atoms with van der Waals surface area (Å²) >= 11 is 0. The average Bonchev–Trinajstić information content (AvgIpc) is 2.37. The van der Waals surface area contributed by atoms with E-state index in [1.54, 1.807) is 7.05 Å². The van der Waals surface area contributed by atoms with E-state index in [-0.39, 0.29) is 11.8 Å². The van der Waals surface area contributed by atoms with E-state index in [0.717, 1.165) is 18.6 Å². The SMILES string of the molecule is CCCC(CS(=O)(=O)c1ccccc1C(F)(F)F)NC. The van der Waals surface area contributed by atoms with E-state index in [0.29, 0.717) is 6.42 Å². The lowest BCUT2D eigenvalue weighted by atomic mass is 10.2. The third kappa shape index (κ3) is 4.21. The van der Waals surface area contributed by atoms with E-state index < -0.39 is 26.5 Å². The highest BCUT2D eigenvalue weighted by Crippen LogP contribution is 2.34. The van der Waals surface area contributed by atoms with Gasteiger partial charge < -0.3 is 5.32 Å². The van der Waals surface area contributed by atoms with Crippen molar-refractivity contribution in [1.29, 1.82) is 0 Å². The van der Waals surface area contributed by atoms with E-state index >= 15 is 0 Å². The summed E-state index contributed by atoms with van der Waals surface area (Å²) in [6.45, 7) is 1.89. The summed E-state index contributed by atoms with van der Waals surface area (Å²) in [5.74, 6) is -0.343. The second-order valence-corrected chi connectivity index (χ2v) is 6.55. The topological polar surface area (TPSA) is 46.2 Å². The molecule has 7 heteroatoms. The molecule has 0 aromatic heterocycles. The molecule has 0 saturated carbocycles. The molecule has 1 aromatic carbocycles. The van der Waals surface area contributed by atoms with Crippen molar-refractivity contribution in [2.24, 2.45) is 0 Å². The van der Waals surface area contributed by atoms with E-state index in [4.69, 9.17) is 0 Å². The predicted octanol–water partition coefficient (Wildman–Crippen LogP) is 2.87. The minimum absolute atomic E-state index is 0.343. The van der Waals surface area contributed by atoms with Crippen LogP contribution in [0.3, 0.4) is 0 Å². The number of nitrogens with one attached hydrogen (secondary N) is 1. The highest BCUT2D eigenvalue weighted by Gasteiger charge is 2.37. The summed E-state index contributed by atoms with van der Waals surface area (Å²) in [6.07, 6.45) is -3.34. The molecule has 0 amide bonds. The van der Waals surface area contributed by atoms with Gasteiger partial charge in [-0.25, -0.2) is 8.42 Å². The third-order valence-corrected chi connectivity index (χ3v) is 4.86. The number of benzene rings is 1. The van der Waals surface area contributed by atoms with E-state index in [2.05, 4.69) is 5.32 Å². The van der Waals surface area contributed by atoms with Gasteiger partial charge in [-0.05, 0) is 25.6 Å². The maximum atomic E-state index is 12.9. The Labute approximate surface area is 117 Å². The monoisotopic (exact) mass is 309 g/mol. The lowest BCUT2D eigenvalue weighted by Gasteiger charge is -2.18. The first-order valence-corrected chi connectivity index (χ1v) is 7.93. The molecule has 0 spiro atoms. The van der Waals surface area contributed by atoms with Crippen LogP contribution in [0.2, 0.25) is 0 Å². The molecule has 1 N–H and O–H groups in total. The van der Waals surface area contributed by atoms with Crippen LogP contribution in [0.5, 0.6) is 0 Å². The van der Waals surface area contributed by atoms with Crippen LogP contribution < -0.4 is 5.32 Å². The summed E-state index contributed by atoms with van der Waals surface area (Å²) in [7, 11) is -2.39. The van der Waals surface area contributed by atoms with Gasteiger partial charge >= 0.3 is 6.18 Å². The molecule has 0 radical (unpaired) electrons. The Morgan fingerprint density at radius 2 is 1.85 bits per heavy atom. The largest absolute Gasteiger partial charge is 0.417 e. The van der Waals surface area contributed by atoms with E-state index in [9.17, 15) is 21.6 Å². The van der Waals surface area contributed by atoms with Crippen molar-refractivity contribution in [1.82, 2.24) is 5.32 Å². The van der Waals surface area contributed by atoms with Crippen molar-refractivity contribution in [3.05, 3.63) is 29.8 Å². The first-order valence-electron chi connectivity index (χ1n) is 6.28. The van der Waals surface area contributed by atoms with Crippen LogP contribution in [-0.2, 0) is 16.0 Å². The van der Waals surface area contributed by atoms with Crippen LogP contribution in [0.15, 0.2) is 29.2 Å². The molecule has 0 fully saturated rings. The van der Waals surface area contributed by atoms with Crippen molar-refractivity contribution < 1.29 is 21.6 Å². The second kappa shape index (κ2) is 6.58. The number of hydrogen-bond donors (Lipinski definition) is 1. The van der Waals surface area contributed by atoms with E-state index in [1.165, 1.54) is 12.1 Å². The zero-order valence-corrected chi connectivity index (χ0v) is 12.2. The average molecular weight is 309 g/mol. The Bertz CT molecular complexity index is 541. The highest BCUT2D eigenvalue weighted by molar-refractivity contribution is 7.91. The first-order chi connectivity index (χ1) is 9.22. The molecular weight excluding hydrogens is 291 g/mol. The summed E-state index contributed by atoms with van der Waals surface area (Å²) in [4.78, 5) is -0.649. The minimum atomic E-state index is -4.68. The van der Waals surface area contributed by atoms with Crippen LogP contribution in [0.25, 0.3) is 0 Å². The number of halogens is 3. The van der Waals surface area contributed by atoms with Gasteiger partial charge in [-0.3, -0.25) is 0 Å². The molecule has 0 heterocycles. The fraction of sp³-hybridized carbons (Fsp3) is 0.538. The summed E-state index contributed by atoms with van der Waals surface area (Å²) < 4.78 is 63.0. The fourth-order valence-corrected chi connectivity index (χ4v) is 3.83. The molecule has 0 aliphatic heterocycles. The first kappa shape index (κ1) is 17.0. The van der Waals surface area contributed by atoms with Crippen LogP contribution in [0.4, 0.5) is 13.2 Å². The minimum Gasteiger partial charge on any atom is -0.316 e. The molecule has 0 aliphatic rings. The summed E-state index contributed by atoms with van der Waals surface area (Å²) in [5.41, 5.74) is -1.11. The molecule has 3 nitrogen and oxygen atoms in total.